The minimum atomic E-state index is -0.397. The fourth-order valence-electron chi connectivity index (χ4n) is 6.50. The molecule has 0 saturated carbocycles. The van der Waals surface area contributed by atoms with Gasteiger partial charge < -0.3 is 37.9 Å². The Bertz CT molecular complexity index is 2460. The molecule has 0 fully saturated rings. The molecule has 12 nitrogen and oxygen atoms in total. The van der Waals surface area contributed by atoms with Crippen LogP contribution < -0.4 is 28.4 Å². The molecule has 6 aromatic rings. The lowest BCUT2D eigenvalue weighted by molar-refractivity contribution is -0.152. The van der Waals surface area contributed by atoms with Crippen LogP contribution >= 0.6 is 22.7 Å². The number of fused-ring (bicyclic) bond motifs is 2. The second-order valence-corrected chi connectivity index (χ2v) is 16.2. The highest BCUT2D eigenvalue weighted by Gasteiger charge is 2.24. The first-order valence-electron chi connectivity index (χ1n) is 20.9. The third kappa shape index (κ3) is 13.5. The van der Waals surface area contributed by atoms with Gasteiger partial charge in [-0.1, -0.05) is 48.5 Å². The van der Waals surface area contributed by atoms with E-state index < -0.39 is 6.10 Å². The van der Waals surface area contributed by atoms with Crippen LogP contribution in [0.3, 0.4) is 0 Å². The highest BCUT2D eigenvalue weighted by molar-refractivity contribution is 7.08. The van der Waals surface area contributed by atoms with E-state index in [1.807, 2.05) is 94.3 Å². The Morgan fingerprint density at radius 1 is 0.547 bits per heavy atom. The maximum atomic E-state index is 12.1. The monoisotopic (exact) mass is 898 g/mol. The second kappa shape index (κ2) is 23.4. The van der Waals surface area contributed by atoms with Crippen molar-refractivity contribution in [3.8, 4) is 68.9 Å². The molecular weight excluding hydrogens is 853 g/mol. The van der Waals surface area contributed by atoms with Gasteiger partial charge in [0, 0.05) is 34.4 Å². The molecule has 4 heterocycles. The maximum absolute atomic E-state index is 12.1. The third-order valence-electron chi connectivity index (χ3n) is 9.97. The van der Waals surface area contributed by atoms with Gasteiger partial charge in [-0.25, -0.2) is 0 Å². The summed E-state index contributed by atoms with van der Waals surface area (Å²) < 4.78 is 44.9. The maximum Gasteiger partial charge on any atom is 0.306 e. The summed E-state index contributed by atoms with van der Waals surface area (Å²) in [4.78, 5) is 24.0. The zero-order chi connectivity index (χ0) is 44.4. The van der Waals surface area contributed by atoms with Gasteiger partial charge in [-0.2, -0.15) is 10.5 Å². The van der Waals surface area contributed by atoms with Gasteiger partial charge in [0.25, 0.3) is 0 Å². The summed E-state index contributed by atoms with van der Waals surface area (Å²) in [5, 5.41) is 25.3. The highest BCUT2D eigenvalue weighted by Crippen LogP contribution is 2.36. The van der Waals surface area contributed by atoms with E-state index in [2.05, 4.69) is 12.1 Å². The van der Waals surface area contributed by atoms with Crippen molar-refractivity contribution < 1.29 is 47.5 Å². The number of benzene rings is 4. The normalized spacial score (nSPS) is 13.8. The minimum absolute atomic E-state index is 0.191. The molecule has 2 aliphatic rings. The van der Waals surface area contributed by atoms with E-state index in [0.29, 0.717) is 87.1 Å². The minimum Gasteiger partial charge on any atom is -0.494 e. The summed E-state index contributed by atoms with van der Waals surface area (Å²) in [6, 6.07) is 34.8. The molecule has 2 aromatic heterocycles. The first-order valence-corrected chi connectivity index (χ1v) is 22.8. The molecule has 64 heavy (non-hydrogen) atoms. The fourth-order valence-corrected chi connectivity index (χ4v) is 7.85. The van der Waals surface area contributed by atoms with Crippen molar-refractivity contribution >= 4 is 34.6 Å². The van der Waals surface area contributed by atoms with Crippen LogP contribution in [0.1, 0.15) is 49.7 Å². The van der Waals surface area contributed by atoms with Crippen molar-refractivity contribution in [3.05, 3.63) is 130 Å². The number of nitrogens with zero attached hydrogens (tertiary/aromatic N) is 2. The van der Waals surface area contributed by atoms with Crippen molar-refractivity contribution in [2.45, 2.75) is 50.7 Å². The van der Waals surface area contributed by atoms with E-state index >= 15 is 0 Å². The van der Waals surface area contributed by atoms with Crippen LogP contribution in [-0.4, -0.2) is 63.8 Å². The summed E-state index contributed by atoms with van der Waals surface area (Å²) in [6.07, 6.45) is 2.90. The van der Waals surface area contributed by atoms with E-state index in [0.717, 1.165) is 52.3 Å². The van der Waals surface area contributed by atoms with Gasteiger partial charge in [0.15, 0.2) is 35.2 Å². The van der Waals surface area contributed by atoms with Gasteiger partial charge in [-0.15, -0.1) is 22.7 Å². The molecule has 0 spiro atoms. The smallest absolute Gasteiger partial charge is 0.306 e. The topological polar surface area (TPSA) is 156 Å². The average Bonchev–Trinajstić information content (AvgIpc) is 3.97. The van der Waals surface area contributed by atoms with Crippen LogP contribution in [0.2, 0.25) is 0 Å². The number of hydrogen-bond donors (Lipinski definition) is 0. The van der Waals surface area contributed by atoms with Crippen molar-refractivity contribution in [1.29, 1.82) is 10.5 Å². The number of nitriles is 2. The van der Waals surface area contributed by atoms with Gasteiger partial charge in [0.2, 0.25) is 0 Å². The lowest BCUT2D eigenvalue weighted by Gasteiger charge is -2.24. The number of carbonyl (C=O) groups is 2. The van der Waals surface area contributed by atoms with Crippen LogP contribution in [0.5, 0.6) is 34.5 Å². The Morgan fingerprint density at radius 2 is 0.969 bits per heavy atom. The molecule has 328 valence electrons. The summed E-state index contributed by atoms with van der Waals surface area (Å²) in [5.74, 6) is 3.95. The van der Waals surface area contributed by atoms with Gasteiger partial charge >= 0.3 is 11.9 Å². The molecule has 2 aliphatic heterocycles. The number of carbonyl (C=O) groups excluding carboxylic acids is 2. The van der Waals surface area contributed by atoms with E-state index in [-0.39, 0.29) is 24.6 Å². The van der Waals surface area contributed by atoms with Gasteiger partial charge in [0.05, 0.1) is 36.5 Å². The van der Waals surface area contributed by atoms with Crippen LogP contribution in [0.4, 0.5) is 0 Å². The average molecular weight is 899 g/mol. The highest BCUT2D eigenvalue weighted by atomic mass is 32.1. The molecule has 8 rings (SSSR count). The number of hydrogen-bond acceptors (Lipinski definition) is 14. The zero-order valence-corrected chi connectivity index (χ0v) is 36.6. The summed E-state index contributed by atoms with van der Waals surface area (Å²) in [5.41, 5.74) is 5.51. The molecule has 0 aliphatic carbocycles. The molecule has 0 radical (unpaired) electrons. The molecule has 0 amide bonds. The van der Waals surface area contributed by atoms with Crippen molar-refractivity contribution in [3.63, 3.8) is 0 Å². The van der Waals surface area contributed by atoms with E-state index in [4.69, 9.17) is 48.4 Å². The van der Waals surface area contributed by atoms with E-state index in [9.17, 15) is 9.59 Å². The number of unbranched alkanes of at least 4 members (excludes halogenated alkanes) is 2. The molecule has 0 N–H and O–H groups in total. The Morgan fingerprint density at radius 3 is 1.45 bits per heavy atom. The predicted molar refractivity (Wildman–Crippen MR) is 242 cm³/mol. The molecule has 4 aromatic carbocycles. The molecule has 0 saturated heterocycles. The SMILES string of the molecule is N#Cc1ccc(-c2ccc(OCCCCC(=O)OC3COc4cscc4OC3)cc2)cc1.N#Cc1ccc(-c2ccc(OCCCCC(=O)OCC3COc4cscc4O3)cc2)cc1. The molecule has 14 heteroatoms. The second-order valence-electron chi connectivity index (χ2n) is 14.7. The molecule has 1 unspecified atom stereocenters. The van der Waals surface area contributed by atoms with Crippen molar-refractivity contribution in [2.75, 3.05) is 39.6 Å². The summed E-state index contributed by atoms with van der Waals surface area (Å²) >= 11 is 3.03. The number of rotatable bonds is 17. The predicted octanol–water partition coefficient (Wildman–Crippen LogP) is 10.4. The first kappa shape index (κ1) is 45.0. The number of esters is 2. The van der Waals surface area contributed by atoms with Crippen LogP contribution in [0, 0.1) is 22.7 Å². The standard InChI is InChI=1S/2C25H23NO5S/c26-13-18-4-6-19(7-5-18)20-8-10-21(11-9-20)28-12-2-1-3-25(27)30-15-22-14-29-23-16-32-17-24(23)31-22;26-13-18-4-6-19(7-5-18)20-8-10-21(11-9-20)28-12-2-1-3-25(27)31-22-14-29-23-16-32-17-24(23)30-15-22/h2*4-11,16-17,22H,1-3,12,14-15H2. The van der Waals surface area contributed by atoms with Crippen LogP contribution in [0.15, 0.2) is 119 Å². The summed E-state index contributed by atoms with van der Waals surface area (Å²) in [6.45, 7) is 2.24. The summed E-state index contributed by atoms with van der Waals surface area (Å²) in [7, 11) is 0. The van der Waals surface area contributed by atoms with Gasteiger partial charge in [-0.05, 0) is 96.5 Å². The zero-order valence-electron chi connectivity index (χ0n) is 35.0. The quantitative estimate of drug-likeness (QED) is 0.0632. The Hall–Kier alpha value is -7.00. The van der Waals surface area contributed by atoms with Crippen molar-refractivity contribution in [2.24, 2.45) is 0 Å². The number of ether oxygens (including phenoxy) is 8. The Balaban J connectivity index is 0.000000191. The lowest BCUT2D eigenvalue weighted by atomic mass is 10.0. The lowest BCUT2D eigenvalue weighted by Crippen LogP contribution is -2.33. The first-order chi connectivity index (χ1) is 31.4. The van der Waals surface area contributed by atoms with Gasteiger partial charge in [0.1, 0.15) is 37.9 Å². The largest absolute Gasteiger partial charge is 0.494 e. The van der Waals surface area contributed by atoms with Crippen LogP contribution in [-0.2, 0) is 19.1 Å². The Kier molecular flexibility index (Phi) is 16.5. The molecular formula is C50H46N2O10S2. The molecule has 0 bridgehead atoms. The van der Waals surface area contributed by atoms with Crippen molar-refractivity contribution in [1.82, 2.24) is 0 Å². The number of thiophene rings is 2. The van der Waals surface area contributed by atoms with Crippen LogP contribution in [0.25, 0.3) is 22.3 Å². The van der Waals surface area contributed by atoms with E-state index in [1.54, 1.807) is 24.3 Å². The Labute approximate surface area is 380 Å². The van der Waals surface area contributed by atoms with E-state index in [1.165, 1.54) is 22.7 Å². The van der Waals surface area contributed by atoms with Gasteiger partial charge in [-0.3, -0.25) is 9.59 Å². The molecule has 1 atom stereocenters. The fraction of sp³-hybridized carbons (Fsp3) is 0.280. The third-order valence-corrected chi connectivity index (χ3v) is 11.4.